The van der Waals surface area contributed by atoms with Crippen molar-refractivity contribution in [3.8, 4) is 0 Å². The molecule has 0 spiro atoms. The first-order valence-corrected chi connectivity index (χ1v) is 5.15. The van der Waals surface area contributed by atoms with Crippen LogP contribution >= 0.6 is 0 Å². The van der Waals surface area contributed by atoms with Gasteiger partial charge in [0.25, 0.3) is 0 Å². The van der Waals surface area contributed by atoms with E-state index in [2.05, 4.69) is 10.1 Å². The third-order valence-corrected chi connectivity index (χ3v) is 2.76. The van der Waals surface area contributed by atoms with Crippen LogP contribution in [-0.4, -0.2) is 36.9 Å². The van der Waals surface area contributed by atoms with Gasteiger partial charge in [0, 0.05) is 0 Å². The largest absolute Gasteiger partial charge is 0.462 e. The van der Waals surface area contributed by atoms with Gasteiger partial charge < -0.3 is 10.1 Å². The minimum atomic E-state index is -6.36. The minimum Gasteiger partial charge on any atom is -0.317 e. The van der Waals surface area contributed by atoms with Crippen molar-refractivity contribution >= 4 is 0 Å². The third kappa shape index (κ3) is 2.87. The van der Waals surface area contributed by atoms with Gasteiger partial charge in [-0.1, -0.05) is 0 Å². The zero-order chi connectivity index (χ0) is 14.2. The Kier molecular flexibility index (Phi) is 3.89. The first kappa shape index (κ1) is 15.5. The summed E-state index contributed by atoms with van der Waals surface area (Å²) in [5.74, 6) is -6.21. The lowest BCUT2D eigenvalue weighted by molar-refractivity contribution is -0.442. The van der Waals surface area contributed by atoms with Crippen LogP contribution in [0.4, 0.5) is 30.7 Å². The first-order chi connectivity index (χ1) is 7.91. The Balaban J connectivity index is 2.86. The standard InChI is InChI=1S/C9H12F7NO/c1-6(2-4-17-5-3-6)18-9(15,16)7(10,11)8(12,13)14/h17H,2-5H2,1H3. The lowest BCUT2D eigenvalue weighted by atomic mass is 9.94. The van der Waals surface area contributed by atoms with Crippen molar-refractivity contribution in [2.75, 3.05) is 13.1 Å². The van der Waals surface area contributed by atoms with Gasteiger partial charge in [0.1, 0.15) is 0 Å². The molecular formula is C9H12F7NO. The highest BCUT2D eigenvalue weighted by atomic mass is 19.4. The normalized spacial score (nSPS) is 22.0. The van der Waals surface area contributed by atoms with Crippen LogP contribution in [0.1, 0.15) is 19.8 Å². The summed E-state index contributed by atoms with van der Waals surface area (Å²) in [4.78, 5) is 0. The molecule has 0 bridgehead atoms. The molecule has 9 heteroatoms. The van der Waals surface area contributed by atoms with Crippen LogP contribution in [0.5, 0.6) is 0 Å². The maximum atomic E-state index is 13.0. The van der Waals surface area contributed by atoms with Crippen LogP contribution in [0.25, 0.3) is 0 Å². The molecule has 0 atom stereocenters. The molecule has 0 aromatic rings. The Morgan fingerprint density at radius 3 is 1.78 bits per heavy atom. The van der Waals surface area contributed by atoms with Crippen molar-refractivity contribution in [1.29, 1.82) is 0 Å². The van der Waals surface area contributed by atoms with Gasteiger partial charge in [-0.25, -0.2) is 0 Å². The number of nitrogens with one attached hydrogen (secondary N) is 1. The summed E-state index contributed by atoms with van der Waals surface area (Å²) in [6, 6.07) is 0. The number of halogens is 7. The summed E-state index contributed by atoms with van der Waals surface area (Å²) in [5.41, 5.74) is -1.70. The predicted octanol–water partition coefficient (Wildman–Crippen LogP) is 2.94. The summed E-state index contributed by atoms with van der Waals surface area (Å²) in [6.07, 6.45) is -12.1. The van der Waals surface area contributed by atoms with E-state index in [1.165, 1.54) is 0 Å². The van der Waals surface area contributed by atoms with Gasteiger partial charge in [-0.15, -0.1) is 0 Å². The Hall–Kier alpha value is -0.570. The average Bonchev–Trinajstić information content (AvgIpc) is 2.14. The highest BCUT2D eigenvalue weighted by molar-refractivity contribution is 4.90. The van der Waals surface area contributed by atoms with Crippen molar-refractivity contribution in [3.05, 3.63) is 0 Å². The molecule has 0 radical (unpaired) electrons. The second kappa shape index (κ2) is 4.52. The molecule has 18 heavy (non-hydrogen) atoms. The van der Waals surface area contributed by atoms with Crippen LogP contribution in [-0.2, 0) is 4.74 Å². The molecule has 0 aromatic carbocycles. The zero-order valence-electron chi connectivity index (χ0n) is 9.38. The summed E-state index contributed by atoms with van der Waals surface area (Å²) in [7, 11) is 0. The number of piperidine rings is 1. The average molecular weight is 283 g/mol. The van der Waals surface area contributed by atoms with Gasteiger partial charge in [0.15, 0.2) is 0 Å². The fraction of sp³-hybridized carbons (Fsp3) is 1.00. The third-order valence-electron chi connectivity index (χ3n) is 2.76. The second-order valence-corrected chi connectivity index (χ2v) is 4.39. The van der Waals surface area contributed by atoms with E-state index in [1.54, 1.807) is 0 Å². The molecular weight excluding hydrogens is 271 g/mol. The topological polar surface area (TPSA) is 21.3 Å². The maximum absolute atomic E-state index is 13.0. The van der Waals surface area contributed by atoms with E-state index in [0.717, 1.165) is 6.92 Å². The van der Waals surface area contributed by atoms with Crippen molar-refractivity contribution < 1.29 is 35.5 Å². The van der Waals surface area contributed by atoms with E-state index in [4.69, 9.17) is 0 Å². The fourth-order valence-electron chi connectivity index (χ4n) is 1.60. The Morgan fingerprint density at radius 2 is 1.39 bits per heavy atom. The van der Waals surface area contributed by atoms with Crippen LogP contribution in [0.15, 0.2) is 0 Å². The lowest BCUT2D eigenvalue weighted by Gasteiger charge is -2.39. The molecule has 0 aromatic heterocycles. The molecule has 1 N–H and O–H groups in total. The lowest BCUT2D eigenvalue weighted by Crippen LogP contribution is -2.57. The first-order valence-electron chi connectivity index (χ1n) is 5.15. The Labute approximate surface area is 98.5 Å². The van der Waals surface area contributed by atoms with E-state index in [0.29, 0.717) is 0 Å². The number of hydrogen-bond donors (Lipinski definition) is 1. The van der Waals surface area contributed by atoms with Gasteiger partial charge in [-0.3, -0.25) is 0 Å². The van der Waals surface area contributed by atoms with Crippen LogP contribution in [0, 0.1) is 0 Å². The van der Waals surface area contributed by atoms with Gasteiger partial charge in [-0.2, -0.15) is 30.7 Å². The SMILES string of the molecule is CC1(OC(F)(F)C(F)(F)C(F)(F)F)CCNCC1. The molecule has 0 aliphatic carbocycles. The fourth-order valence-corrected chi connectivity index (χ4v) is 1.60. The van der Waals surface area contributed by atoms with Gasteiger partial charge >= 0.3 is 18.2 Å². The van der Waals surface area contributed by atoms with Crippen LogP contribution < -0.4 is 5.32 Å². The second-order valence-electron chi connectivity index (χ2n) is 4.39. The highest BCUT2D eigenvalue weighted by Crippen LogP contribution is 2.49. The Bertz CT molecular complexity index is 296. The van der Waals surface area contributed by atoms with Crippen molar-refractivity contribution in [2.24, 2.45) is 0 Å². The van der Waals surface area contributed by atoms with E-state index in [1.807, 2.05) is 0 Å². The summed E-state index contributed by atoms with van der Waals surface area (Å²) >= 11 is 0. The van der Waals surface area contributed by atoms with E-state index in [9.17, 15) is 30.7 Å². The smallest absolute Gasteiger partial charge is 0.317 e. The molecule has 1 heterocycles. The molecule has 1 fully saturated rings. The molecule has 1 aliphatic rings. The molecule has 1 aliphatic heterocycles. The molecule has 0 amide bonds. The summed E-state index contributed by atoms with van der Waals surface area (Å²) < 4.78 is 90.7. The quantitative estimate of drug-likeness (QED) is 0.804. The van der Waals surface area contributed by atoms with Gasteiger partial charge in [-0.05, 0) is 32.9 Å². The van der Waals surface area contributed by atoms with E-state index in [-0.39, 0.29) is 25.9 Å². The van der Waals surface area contributed by atoms with Gasteiger partial charge in [0.05, 0.1) is 5.60 Å². The molecule has 1 saturated heterocycles. The van der Waals surface area contributed by atoms with Crippen LogP contribution in [0.3, 0.4) is 0 Å². The minimum absolute atomic E-state index is 0.0729. The van der Waals surface area contributed by atoms with Crippen molar-refractivity contribution in [2.45, 2.75) is 43.6 Å². The zero-order valence-corrected chi connectivity index (χ0v) is 9.38. The molecule has 1 rings (SSSR count). The summed E-state index contributed by atoms with van der Waals surface area (Å²) in [6.45, 7) is 1.52. The highest BCUT2D eigenvalue weighted by Gasteiger charge is 2.75. The Morgan fingerprint density at radius 1 is 0.944 bits per heavy atom. The predicted molar refractivity (Wildman–Crippen MR) is 47.5 cm³/mol. The molecule has 2 nitrogen and oxygen atoms in total. The molecule has 0 saturated carbocycles. The van der Waals surface area contributed by atoms with E-state index < -0.39 is 23.8 Å². The van der Waals surface area contributed by atoms with Crippen LogP contribution in [0.2, 0.25) is 0 Å². The summed E-state index contributed by atoms with van der Waals surface area (Å²) in [5, 5.41) is 2.76. The number of hydrogen-bond acceptors (Lipinski definition) is 2. The number of ether oxygens (including phenoxy) is 1. The molecule has 0 unspecified atom stereocenters. The van der Waals surface area contributed by atoms with E-state index >= 15 is 0 Å². The van der Waals surface area contributed by atoms with Crippen molar-refractivity contribution in [3.63, 3.8) is 0 Å². The monoisotopic (exact) mass is 283 g/mol. The number of rotatable bonds is 3. The van der Waals surface area contributed by atoms with Gasteiger partial charge in [0.2, 0.25) is 0 Å². The maximum Gasteiger partial charge on any atom is 0.462 e. The number of alkyl halides is 7. The molecule has 108 valence electrons. The van der Waals surface area contributed by atoms with Crippen molar-refractivity contribution in [1.82, 2.24) is 5.32 Å².